The molecule has 0 amide bonds. The lowest BCUT2D eigenvalue weighted by molar-refractivity contribution is -0.961. The molecule has 2 bridgehead atoms. The zero-order valence-electron chi connectivity index (χ0n) is 10.5. The minimum absolute atomic E-state index is 0.0468. The van der Waals surface area contributed by atoms with Crippen LogP contribution in [-0.4, -0.2) is 34.8 Å². The SMILES string of the molecule is C[N+]1(Cc2ccccc2)[C@@H]2CC[C@@H]1CC(O)C2. The van der Waals surface area contributed by atoms with E-state index in [1.54, 1.807) is 0 Å². The average molecular weight is 232 g/mol. The van der Waals surface area contributed by atoms with Crippen molar-refractivity contribution in [2.24, 2.45) is 0 Å². The number of hydrogen-bond acceptors (Lipinski definition) is 1. The van der Waals surface area contributed by atoms with Gasteiger partial charge in [-0.2, -0.15) is 0 Å². The molecule has 0 saturated carbocycles. The van der Waals surface area contributed by atoms with Gasteiger partial charge in [0.15, 0.2) is 0 Å². The third kappa shape index (κ3) is 1.90. The summed E-state index contributed by atoms with van der Waals surface area (Å²) in [5.74, 6) is 0. The largest absolute Gasteiger partial charge is 0.393 e. The quantitative estimate of drug-likeness (QED) is 0.776. The fraction of sp³-hybridized carbons (Fsp3) is 0.600. The van der Waals surface area contributed by atoms with E-state index < -0.39 is 0 Å². The van der Waals surface area contributed by atoms with E-state index in [2.05, 4.69) is 37.4 Å². The Morgan fingerprint density at radius 1 is 1.12 bits per heavy atom. The fourth-order valence-corrected chi connectivity index (χ4v) is 3.95. The summed E-state index contributed by atoms with van der Waals surface area (Å²) in [5, 5.41) is 9.88. The van der Waals surface area contributed by atoms with Gasteiger partial charge in [0.2, 0.25) is 0 Å². The number of hydrogen-bond donors (Lipinski definition) is 1. The molecule has 0 spiro atoms. The van der Waals surface area contributed by atoms with Crippen LogP contribution in [0.2, 0.25) is 0 Å². The Balaban J connectivity index is 1.82. The predicted molar refractivity (Wildman–Crippen MR) is 68.4 cm³/mol. The first-order chi connectivity index (χ1) is 8.18. The summed E-state index contributed by atoms with van der Waals surface area (Å²) in [6.07, 6.45) is 4.55. The first-order valence-electron chi connectivity index (χ1n) is 6.75. The molecule has 0 aromatic heterocycles. The van der Waals surface area contributed by atoms with Gasteiger partial charge in [-0.3, -0.25) is 0 Å². The highest BCUT2D eigenvalue weighted by Gasteiger charge is 2.50. The van der Waals surface area contributed by atoms with Crippen LogP contribution in [0.5, 0.6) is 0 Å². The van der Waals surface area contributed by atoms with E-state index in [4.69, 9.17) is 0 Å². The average Bonchev–Trinajstić information content (AvgIpc) is 2.52. The maximum absolute atomic E-state index is 9.88. The molecule has 92 valence electrons. The van der Waals surface area contributed by atoms with Crippen LogP contribution in [0.25, 0.3) is 0 Å². The zero-order valence-corrected chi connectivity index (χ0v) is 10.5. The first kappa shape index (κ1) is 11.2. The zero-order chi connectivity index (χ0) is 11.9. The Morgan fingerprint density at radius 3 is 2.29 bits per heavy atom. The van der Waals surface area contributed by atoms with Gasteiger partial charge in [-0.25, -0.2) is 0 Å². The molecule has 2 aliphatic heterocycles. The van der Waals surface area contributed by atoms with Crippen molar-refractivity contribution in [1.82, 2.24) is 0 Å². The van der Waals surface area contributed by atoms with Crippen LogP contribution < -0.4 is 0 Å². The van der Waals surface area contributed by atoms with Gasteiger partial charge in [0.25, 0.3) is 0 Å². The molecule has 17 heavy (non-hydrogen) atoms. The minimum Gasteiger partial charge on any atom is -0.393 e. The number of nitrogens with zero attached hydrogens (tertiary/aromatic N) is 1. The van der Waals surface area contributed by atoms with Crippen molar-refractivity contribution in [1.29, 1.82) is 0 Å². The maximum Gasteiger partial charge on any atom is 0.105 e. The normalized spacial score (nSPS) is 40.5. The Morgan fingerprint density at radius 2 is 1.71 bits per heavy atom. The molecule has 0 aliphatic carbocycles. The van der Waals surface area contributed by atoms with Gasteiger partial charge < -0.3 is 9.59 Å². The van der Waals surface area contributed by atoms with Crippen LogP contribution in [0.3, 0.4) is 0 Å². The van der Waals surface area contributed by atoms with Gasteiger partial charge in [-0.1, -0.05) is 30.3 Å². The standard InChI is InChI=1S/C15H22NO/c1-16(11-12-5-3-2-4-6-12)13-7-8-14(16)10-15(17)9-13/h2-6,13-15,17H,7-11H2,1H3/q+1/t13-,14-,15?,16?/m1/s1. The summed E-state index contributed by atoms with van der Waals surface area (Å²) in [6.45, 7) is 1.13. The summed E-state index contributed by atoms with van der Waals surface area (Å²) in [6, 6.07) is 12.1. The second-order valence-electron chi connectivity index (χ2n) is 6.00. The van der Waals surface area contributed by atoms with Crippen LogP contribution >= 0.6 is 0 Å². The highest BCUT2D eigenvalue weighted by Crippen LogP contribution is 2.42. The van der Waals surface area contributed by atoms with Gasteiger partial charge in [0, 0.05) is 31.2 Å². The van der Waals surface area contributed by atoms with E-state index in [0.29, 0.717) is 12.1 Å². The van der Waals surface area contributed by atoms with Crippen molar-refractivity contribution in [3.63, 3.8) is 0 Å². The number of piperidine rings is 1. The van der Waals surface area contributed by atoms with Crippen molar-refractivity contribution in [3.05, 3.63) is 35.9 Å². The van der Waals surface area contributed by atoms with E-state index in [9.17, 15) is 5.11 Å². The van der Waals surface area contributed by atoms with E-state index in [0.717, 1.165) is 23.9 Å². The molecule has 0 radical (unpaired) electrons. The minimum atomic E-state index is -0.0468. The monoisotopic (exact) mass is 232 g/mol. The lowest BCUT2D eigenvalue weighted by Crippen LogP contribution is -2.57. The third-order valence-electron chi connectivity index (χ3n) is 4.96. The number of quaternary nitrogens is 1. The molecule has 2 aliphatic rings. The molecule has 0 unspecified atom stereocenters. The molecule has 1 aromatic carbocycles. The van der Waals surface area contributed by atoms with Crippen molar-refractivity contribution in [2.45, 2.75) is 50.4 Å². The van der Waals surface area contributed by atoms with Crippen molar-refractivity contribution < 1.29 is 9.59 Å². The molecular formula is C15H22NO+. The van der Waals surface area contributed by atoms with Gasteiger partial charge in [0.1, 0.15) is 6.54 Å². The van der Waals surface area contributed by atoms with E-state index in [1.165, 1.54) is 18.4 Å². The molecule has 2 heteroatoms. The molecule has 1 N–H and O–H groups in total. The lowest BCUT2D eigenvalue weighted by Gasteiger charge is -2.46. The van der Waals surface area contributed by atoms with Crippen molar-refractivity contribution in [2.75, 3.05) is 7.05 Å². The van der Waals surface area contributed by atoms with Gasteiger partial charge >= 0.3 is 0 Å². The van der Waals surface area contributed by atoms with Crippen molar-refractivity contribution in [3.8, 4) is 0 Å². The van der Waals surface area contributed by atoms with Crippen molar-refractivity contribution >= 4 is 0 Å². The summed E-state index contributed by atoms with van der Waals surface area (Å²) in [4.78, 5) is 0. The maximum atomic E-state index is 9.88. The first-order valence-corrected chi connectivity index (χ1v) is 6.75. The lowest BCUT2D eigenvalue weighted by atomic mass is 9.96. The predicted octanol–water partition coefficient (Wildman–Crippen LogP) is 2.32. The Hall–Kier alpha value is -0.860. The molecular weight excluding hydrogens is 210 g/mol. The van der Waals surface area contributed by atoms with Crippen LogP contribution in [-0.2, 0) is 6.54 Å². The van der Waals surface area contributed by atoms with Crippen LogP contribution in [0.4, 0.5) is 0 Å². The number of rotatable bonds is 2. The van der Waals surface area contributed by atoms with E-state index in [1.807, 2.05) is 0 Å². The summed E-state index contributed by atoms with van der Waals surface area (Å²) < 4.78 is 1.15. The van der Waals surface area contributed by atoms with Crippen LogP contribution in [0, 0.1) is 0 Å². The third-order valence-corrected chi connectivity index (χ3v) is 4.96. The molecule has 2 atom stereocenters. The summed E-state index contributed by atoms with van der Waals surface area (Å²) in [7, 11) is 2.39. The molecule has 2 saturated heterocycles. The molecule has 2 heterocycles. The fourth-order valence-electron chi connectivity index (χ4n) is 3.95. The van der Waals surface area contributed by atoms with E-state index >= 15 is 0 Å². The highest BCUT2D eigenvalue weighted by atomic mass is 16.3. The summed E-state index contributed by atoms with van der Waals surface area (Å²) >= 11 is 0. The second-order valence-corrected chi connectivity index (χ2v) is 6.00. The molecule has 2 nitrogen and oxygen atoms in total. The molecule has 1 aromatic rings. The van der Waals surface area contributed by atoms with Gasteiger partial charge in [-0.05, 0) is 0 Å². The van der Waals surface area contributed by atoms with Gasteiger partial charge in [-0.15, -0.1) is 0 Å². The topological polar surface area (TPSA) is 20.2 Å². The molecule has 3 rings (SSSR count). The summed E-state index contributed by atoms with van der Waals surface area (Å²) in [5.41, 5.74) is 1.43. The Labute approximate surface area is 103 Å². The number of aliphatic hydroxyl groups excluding tert-OH is 1. The van der Waals surface area contributed by atoms with Gasteiger partial charge in [0.05, 0.1) is 25.2 Å². The van der Waals surface area contributed by atoms with E-state index in [-0.39, 0.29) is 6.10 Å². The van der Waals surface area contributed by atoms with Crippen LogP contribution in [0.15, 0.2) is 30.3 Å². The Kier molecular flexibility index (Phi) is 2.72. The van der Waals surface area contributed by atoms with Crippen LogP contribution in [0.1, 0.15) is 31.2 Å². The molecule has 2 fully saturated rings. The Bertz CT molecular complexity index is 375. The number of fused-ring (bicyclic) bond motifs is 2. The number of aliphatic hydroxyl groups is 1. The smallest absolute Gasteiger partial charge is 0.105 e. The highest BCUT2D eigenvalue weighted by molar-refractivity contribution is 5.13. The second kappa shape index (κ2) is 4.11. The number of benzene rings is 1.